The van der Waals surface area contributed by atoms with Gasteiger partial charge in [-0.2, -0.15) is 5.21 Å². The van der Waals surface area contributed by atoms with Crippen molar-refractivity contribution in [3.63, 3.8) is 0 Å². The average molecular weight is 97.1 g/mol. The van der Waals surface area contributed by atoms with E-state index in [-0.39, 0.29) is 0 Å². The van der Waals surface area contributed by atoms with E-state index in [0.717, 1.165) is 6.42 Å². The minimum atomic E-state index is 0.708. The van der Waals surface area contributed by atoms with Gasteiger partial charge in [0.1, 0.15) is 0 Å². The summed E-state index contributed by atoms with van der Waals surface area (Å²) in [5.74, 6) is 0.708. The van der Waals surface area contributed by atoms with E-state index in [0.29, 0.717) is 5.82 Å². The Kier molecular flexibility index (Phi) is 1.02. The van der Waals surface area contributed by atoms with Crippen LogP contribution in [0.4, 0.5) is 0 Å². The maximum Gasteiger partial charge on any atom is 0.00960 e. The highest BCUT2D eigenvalue weighted by Gasteiger charge is 1.75. The van der Waals surface area contributed by atoms with E-state index in [1.165, 1.54) is 0 Å². The van der Waals surface area contributed by atoms with Gasteiger partial charge in [0.05, 0.1) is 0 Å². The second-order valence-corrected chi connectivity index (χ2v) is 1.15. The van der Waals surface area contributed by atoms with Gasteiger partial charge in [0.2, 0.25) is 0 Å². The summed E-state index contributed by atoms with van der Waals surface area (Å²) in [6.07, 6.45) is 0.812. The molecule has 1 rings (SSSR count). The van der Waals surface area contributed by atoms with Crippen molar-refractivity contribution < 1.29 is 0 Å². The number of tetrazole rings is 1. The van der Waals surface area contributed by atoms with Crippen molar-refractivity contribution in [2.75, 3.05) is 0 Å². The third-order valence-corrected chi connectivity index (χ3v) is 0.677. The molecule has 1 aromatic heterocycles. The first-order chi connectivity index (χ1) is 3.43. The molecule has 0 saturated heterocycles. The summed E-state index contributed by atoms with van der Waals surface area (Å²) < 4.78 is 0. The van der Waals surface area contributed by atoms with Crippen LogP contribution in [0.2, 0.25) is 0 Å². The summed E-state index contributed by atoms with van der Waals surface area (Å²) in [6.45, 7) is 1.96. The van der Waals surface area contributed by atoms with Crippen LogP contribution >= 0.6 is 0 Å². The summed E-state index contributed by atoms with van der Waals surface area (Å²) in [4.78, 5) is 0. The zero-order valence-corrected chi connectivity index (χ0v) is 4.00. The van der Waals surface area contributed by atoms with Crippen LogP contribution in [0.5, 0.6) is 0 Å². The largest absolute Gasteiger partial charge is 0.335 e. The highest BCUT2D eigenvalue weighted by molar-refractivity contribution is 4.70. The Morgan fingerprint density at radius 2 is 2.57 bits per heavy atom. The Hall–Kier alpha value is -0.930. The van der Waals surface area contributed by atoms with E-state index < -0.39 is 0 Å². The van der Waals surface area contributed by atoms with Crippen LogP contribution in [0, 0.1) is 0 Å². The van der Waals surface area contributed by atoms with Crippen molar-refractivity contribution in [1.82, 2.24) is 20.6 Å². The number of aromatic nitrogens is 4. The molecule has 0 saturated carbocycles. The lowest BCUT2D eigenvalue weighted by Crippen LogP contribution is -1.83. The van der Waals surface area contributed by atoms with Crippen LogP contribution in [0.3, 0.4) is 0 Å². The summed E-state index contributed by atoms with van der Waals surface area (Å²) in [6, 6.07) is 0. The molecule has 0 N–H and O–H groups in total. The van der Waals surface area contributed by atoms with Crippen molar-refractivity contribution >= 4 is 0 Å². The van der Waals surface area contributed by atoms with Crippen molar-refractivity contribution in [2.45, 2.75) is 13.3 Å². The number of nitrogens with zero attached hydrogens (tertiary/aromatic N) is 4. The van der Waals surface area contributed by atoms with Gasteiger partial charge in [0.15, 0.2) is 0 Å². The van der Waals surface area contributed by atoms with Gasteiger partial charge in [-0.15, -0.1) is 0 Å². The van der Waals surface area contributed by atoms with Crippen LogP contribution in [0.15, 0.2) is 0 Å². The number of hydrogen-bond donors (Lipinski definition) is 0. The van der Waals surface area contributed by atoms with Crippen molar-refractivity contribution in [3.8, 4) is 0 Å². The predicted octanol–water partition coefficient (Wildman–Crippen LogP) is -0.609. The molecule has 4 nitrogen and oxygen atoms in total. The SMILES string of the molecule is CCc1nnn[n-]1. The van der Waals surface area contributed by atoms with Crippen LogP contribution in [-0.4, -0.2) is 15.5 Å². The molecule has 38 valence electrons. The smallest absolute Gasteiger partial charge is 0.00960 e. The Bertz CT molecular complexity index is 121. The van der Waals surface area contributed by atoms with Gasteiger partial charge < -0.3 is 5.10 Å². The molecular formula is C3H5N4-. The van der Waals surface area contributed by atoms with Gasteiger partial charge in [-0.05, 0) is 6.42 Å². The van der Waals surface area contributed by atoms with Crippen molar-refractivity contribution in [2.24, 2.45) is 0 Å². The zero-order chi connectivity index (χ0) is 5.11. The monoisotopic (exact) mass is 97.1 g/mol. The Morgan fingerprint density at radius 3 is 2.86 bits per heavy atom. The van der Waals surface area contributed by atoms with Crippen LogP contribution in [0.25, 0.3) is 0 Å². The molecule has 7 heavy (non-hydrogen) atoms. The highest BCUT2D eigenvalue weighted by Crippen LogP contribution is 1.77. The topological polar surface area (TPSA) is 52.8 Å². The molecule has 0 aliphatic carbocycles. The van der Waals surface area contributed by atoms with E-state index in [4.69, 9.17) is 0 Å². The Labute approximate surface area is 40.9 Å². The summed E-state index contributed by atoms with van der Waals surface area (Å²) in [5.41, 5.74) is 0. The fraction of sp³-hybridized carbons (Fsp3) is 0.667. The van der Waals surface area contributed by atoms with Crippen LogP contribution < -0.4 is 5.10 Å². The molecule has 0 amide bonds. The second kappa shape index (κ2) is 1.68. The first-order valence-electron chi connectivity index (χ1n) is 2.11. The minimum absolute atomic E-state index is 0.708. The van der Waals surface area contributed by atoms with E-state index in [9.17, 15) is 0 Å². The lowest BCUT2D eigenvalue weighted by Gasteiger charge is -1.84. The maximum absolute atomic E-state index is 3.56. The van der Waals surface area contributed by atoms with Gasteiger partial charge in [-0.1, -0.05) is 6.92 Å². The molecular weight excluding hydrogens is 92.1 g/mol. The van der Waals surface area contributed by atoms with Gasteiger partial charge in [-0.3, -0.25) is 10.3 Å². The number of hydrogen-bond acceptors (Lipinski definition) is 3. The third kappa shape index (κ3) is 0.734. The van der Waals surface area contributed by atoms with Gasteiger partial charge in [0.25, 0.3) is 0 Å². The van der Waals surface area contributed by atoms with E-state index >= 15 is 0 Å². The molecule has 0 spiro atoms. The third-order valence-electron chi connectivity index (χ3n) is 0.677. The van der Waals surface area contributed by atoms with Crippen molar-refractivity contribution in [3.05, 3.63) is 5.82 Å². The van der Waals surface area contributed by atoms with Crippen LogP contribution in [-0.2, 0) is 6.42 Å². The molecule has 0 aromatic carbocycles. The maximum atomic E-state index is 3.56. The van der Waals surface area contributed by atoms with Crippen molar-refractivity contribution in [1.29, 1.82) is 0 Å². The second-order valence-electron chi connectivity index (χ2n) is 1.15. The summed E-state index contributed by atoms with van der Waals surface area (Å²) >= 11 is 0. The molecule has 0 bridgehead atoms. The predicted molar refractivity (Wildman–Crippen MR) is 22.5 cm³/mol. The molecule has 1 aromatic rings. The first kappa shape index (κ1) is 4.23. The fourth-order valence-electron chi connectivity index (χ4n) is 0.305. The molecule has 4 heteroatoms. The van der Waals surface area contributed by atoms with Gasteiger partial charge in [0, 0.05) is 5.82 Å². The molecule has 0 atom stereocenters. The average Bonchev–Trinajstić information content (AvgIpc) is 2.14. The van der Waals surface area contributed by atoms with E-state index in [1.54, 1.807) is 0 Å². The quantitative estimate of drug-likeness (QED) is 0.469. The Morgan fingerprint density at radius 1 is 1.71 bits per heavy atom. The molecule has 0 aliphatic heterocycles. The lowest BCUT2D eigenvalue weighted by atomic mass is 10.5. The van der Waals surface area contributed by atoms with E-state index in [1.807, 2.05) is 6.92 Å². The summed E-state index contributed by atoms with van der Waals surface area (Å²) in [7, 11) is 0. The summed E-state index contributed by atoms with van der Waals surface area (Å²) in [5, 5.41) is 13.7. The number of rotatable bonds is 1. The van der Waals surface area contributed by atoms with Gasteiger partial charge >= 0.3 is 0 Å². The lowest BCUT2D eigenvalue weighted by molar-refractivity contribution is 0.870. The zero-order valence-electron chi connectivity index (χ0n) is 4.00. The molecule has 0 unspecified atom stereocenters. The first-order valence-corrected chi connectivity index (χ1v) is 2.11. The molecule has 0 radical (unpaired) electrons. The number of aryl methyl sites for hydroxylation is 1. The van der Waals surface area contributed by atoms with Crippen LogP contribution in [0.1, 0.15) is 12.7 Å². The molecule has 1 heterocycles. The Balaban J connectivity index is 2.76. The highest BCUT2D eigenvalue weighted by atomic mass is 15.5. The molecule has 0 fully saturated rings. The normalized spacial score (nSPS) is 9.29. The standard InChI is InChI=1S/C3H5N4/c1-2-3-4-6-7-5-3/h2H2,1H3/q-1. The molecule has 0 aliphatic rings. The van der Waals surface area contributed by atoms with Gasteiger partial charge in [-0.25, -0.2) is 0 Å². The fourth-order valence-corrected chi connectivity index (χ4v) is 0.305. The minimum Gasteiger partial charge on any atom is -0.335 e. The van der Waals surface area contributed by atoms with E-state index in [2.05, 4.69) is 20.6 Å².